The Hall–Kier alpha value is -1.02. The van der Waals surface area contributed by atoms with Crippen molar-refractivity contribution >= 4 is 43.2 Å². The van der Waals surface area contributed by atoms with Crippen molar-refractivity contribution < 1.29 is 9.53 Å². The van der Waals surface area contributed by atoms with E-state index in [4.69, 9.17) is 10.5 Å². The number of hydrogen-bond donors (Lipinski definition) is 2. The molecule has 2 aromatic rings. The molecular weight excluding hydrogens is 282 g/mol. The molecule has 0 aromatic carbocycles. The van der Waals surface area contributed by atoms with Crippen molar-refractivity contribution in [2.24, 2.45) is 11.7 Å². The zero-order valence-corrected chi connectivity index (χ0v) is 11.9. The fourth-order valence-electron chi connectivity index (χ4n) is 2.20. The van der Waals surface area contributed by atoms with Crippen LogP contribution in [0.5, 0.6) is 0 Å². The summed E-state index contributed by atoms with van der Waals surface area (Å²) in [5, 5.41) is 5.45. The highest BCUT2D eigenvalue weighted by Gasteiger charge is 2.27. The van der Waals surface area contributed by atoms with E-state index in [2.05, 4.69) is 10.3 Å². The molecule has 2 aromatic heterocycles. The van der Waals surface area contributed by atoms with Crippen LogP contribution in [0.25, 0.3) is 9.53 Å². The number of hydrogen-bond acceptors (Lipinski definition) is 6. The lowest BCUT2D eigenvalue weighted by atomic mass is 9.92. The zero-order chi connectivity index (χ0) is 13.2. The first kappa shape index (κ1) is 13.0. The first-order chi connectivity index (χ1) is 9.24. The van der Waals surface area contributed by atoms with Crippen LogP contribution in [0.1, 0.15) is 12.8 Å². The van der Waals surface area contributed by atoms with Crippen LogP contribution in [-0.4, -0.2) is 30.1 Å². The molecule has 0 bridgehead atoms. The maximum Gasteiger partial charge on any atom is 0.243 e. The third-order valence-electron chi connectivity index (χ3n) is 3.33. The number of anilines is 1. The summed E-state index contributed by atoms with van der Waals surface area (Å²) in [4.78, 5) is 16.5. The smallest absolute Gasteiger partial charge is 0.243 e. The highest BCUT2D eigenvalue weighted by Crippen LogP contribution is 2.30. The molecular formula is C12H15N3O2S2. The first-order valence-electron chi connectivity index (χ1n) is 6.22. The number of amides is 1. The number of thiazole rings is 1. The Morgan fingerprint density at radius 1 is 1.53 bits per heavy atom. The van der Waals surface area contributed by atoms with Crippen LogP contribution < -0.4 is 11.1 Å². The Balaban J connectivity index is 1.65. The number of carbonyl (C=O) groups is 1. The lowest BCUT2D eigenvalue weighted by Gasteiger charge is -2.26. The average Bonchev–Trinajstić information content (AvgIpc) is 2.99. The molecule has 0 aliphatic carbocycles. The predicted molar refractivity (Wildman–Crippen MR) is 77.6 cm³/mol. The van der Waals surface area contributed by atoms with Crippen LogP contribution in [0, 0.1) is 5.92 Å². The molecule has 3 N–H and O–H groups in total. The summed E-state index contributed by atoms with van der Waals surface area (Å²) in [5.41, 5.74) is 6.96. The van der Waals surface area contributed by atoms with E-state index in [1.807, 2.05) is 11.4 Å². The van der Waals surface area contributed by atoms with Crippen molar-refractivity contribution in [1.29, 1.82) is 0 Å². The number of aromatic nitrogens is 1. The number of rotatable bonds is 3. The van der Waals surface area contributed by atoms with E-state index in [1.54, 1.807) is 11.3 Å². The summed E-state index contributed by atoms with van der Waals surface area (Å²) < 4.78 is 6.40. The van der Waals surface area contributed by atoms with Gasteiger partial charge in [0.15, 0.2) is 5.13 Å². The Kier molecular flexibility index (Phi) is 3.79. The van der Waals surface area contributed by atoms with E-state index in [0.717, 1.165) is 22.4 Å². The summed E-state index contributed by atoms with van der Waals surface area (Å²) >= 11 is 3.12. The second-order valence-corrected chi connectivity index (χ2v) is 6.75. The number of carbonyl (C=O) groups excluding carboxylic acids is 1. The SMILES string of the molecule is NC(C(=O)Nc1nc2ccsc2s1)C1CCOCC1. The minimum Gasteiger partial charge on any atom is -0.381 e. The van der Waals surface area contributed by atoms with Crippen molar-refractivity contribution in [1.82, 2.24) is 4.98 Å². The monoisotopic (exact) mass is 297 g/mol. The summed E-state index contributed by atoms with van der Waals surface area (Å²) in [7, 11) is 0. The summed E-state index contributed by atoms with van der Waals surface area (Å²) in [6.45, 7) is 1.39. The number of nitrogens with two attached hydrogens (primary N) is 1. The predicted octanol–water partition coefficient (Wildman–Crippen LogP) is 2.05. The van der Waals surface area contributed by atoms with E-state index >= 15 is 0 Å². The van der Waals surface area contributed by atoms with Gasteiger partial charge in [-0.15, -0.1) is 11.3 Å². The van der Waals surface area contributed by atoms with Crippen LogP contribution >= 0.6 is 22.7 Å². The number of thiophene rings is 1. The summed E-state index contributed by atoms with van der Waals surface area (Å²) in [6, 6.07) is 1.47. The van der Waals surface area contributed by atoms with E-state index in [1.165, 1.54) is 11.3 Å². The Bertz CT molecular complexity index is 546. The average molecular weight is 297 g/mol. The Morgan fingerprint density at radius 2 is 2.32 bits per heavy atom. The van der Waals surface area contributed by atoms with E-state index < -0.39 is 6.04 Å². The minimum absolute atomic E-state index is 0.145. The second-order valence-electron chi connectivity index (χ2n) is 4.58. The maximum atomic E-state index is 12.1. The van der Waals surface area contributed by atoms with Gasteiger partial charge in [0.05, 0.1) is 11.6 Å². The van der Waals surface area contributed by atoms with Gasteiger partial charge in [-0.2, -0.15) is 0 Å². The van der Waals surface area contributed by atoms with Gasteiger partial charge < -0.3 is 15.8 Å². The Labute approximate surface area is 118 Å². The summed E-state index contributed by atoms with van der Waals surface area (Å²) in [5.74, 6) is 0.0585. The molecule has 0 radical (unpaired) electrons. The summed E-state index contributed by atoms with van der Waals surface area (Å²) in [6.07, 6.45) is 1.70. The van der Waals surface area contributed by atoms with Gasteiger partial charge in [-0.25, -0.2) is 4.98 Å². The molecule has 5 nitrogen and oxygen atoms in total. The van der Waals surface area contributed by atoms with Gasteiger partial charge in [-0.3, -0.25) is 4.79 Å². The third kappa shape index (κ3) is 2.79. The van der Waals surface area contributed by atoms with Gasteiger partial charge in [0, 0.05) is 13.2 Å². The number of nitrogens with one attached hydrogen (secondary N) is 1. The molecule has 3 heterocycles. The van der Waals surface area contributed by atoms with Crippen molar-refractivity contribution in [2.75, 3.05) is 18.5 Å². The standard InChI is InChI=1S/C12H15N3O2S2/c13-9(7-1-4-17-5-2-7)10(16)15-12-14-8-3-6-18-11(8)19-12/h3,6-7,9H,1-2,4-5,13H2,(H,14,15,16). The van der Waals surface area contributed by atoms with E-state index in [0.29, 0.717) is 18.3 Å². The van der Waals surface area contributed by atoms with Crippen LogP contribution in [-0.2, 0) is 9.53 Å². The minimum atomic E-state index is -0.481. The van der Waals surface area contributed by atoms with E-state index in [-0.39, 0.29) is 11.8 Å². The van der Waals surface area contributed by atoms with Crippen LogP contribution in [0.3, 0.4) is 0 Å². The van der Waals surface area contributed by atoms with Gasteiger partial charge in [0.2, 0.25) is 5.91 Å². The number of fused-ring (bicyclic) bond motifs is 1. The van der Waals surface area contributed by atoms with Gasteiger partial charge in [0.1, 0.15) is 4.01 Å². The number of ether oxygens (including phenoxy) is 1. The molecule has 1 saturated heterocycles. The maximum absolute atomic E-state index is 12.1. The largest absolute Gasteiger partial charge is 0.381 e. The lowest BCUT2D eigenvalue weighted by molar-refractivity contribution is -0.119. The van der Waals surface area contributed by atoms with Gasteiger partial charge in [-0.1, -0.05) is 11.3 Å². The molecule has 19 heavy (non-hydrogen) atoms. The van der Waals surface area contributed by atoms with Gasteiger partial charge in [-0.05, 0) is 30.2 Å². The molecule has 1 fully saturated rings. The lowest BCUT2D eigenvalue weighted by Crippen LogP contribution is -2.43. The highest BCUT2D eigenvalue weighted by atomic mass is 32.2. The normalized spacial score (nSPS) is 18.6. The fraction of sp³-hybridized carbons (Fsp3) is 0.500. The molecule has 3 rings (SSSR count). The third-order valence-corrected chi connectivity index (χ3v) is 5.34. The molecule has 1 unspecified atom stereocenters. The van der Waals surface area contributed by atoms with Crippen molar-refractivity contribution in [3.8, 4) is 0 Å². The van der Waals surface area contributed by atoms with Crippen molar-refractivity contribution in [3.63, 3.8) is 0 Å². The molecule has 1 amide bonds. The number of nitrogens with zero attached hydrogens (tertiary/aromatic N) is 1. The molecule has 1 aliphatic heterocycles. The zero-order valence-electron chi connectivity index (χ0n) is 10.3. The molecule has 1 aliphatic rings. The van der Waals surface area contributed by atoms with Crippen molar-refractivity contribution in [3.05, 3.63) is 11.4 Å². The molecule has 1 atom stereocenters. The molecule has 0 spiro atoms. The Morgan fingerprint density at radius 3 is 3.05 bits per heavy atom. The van der Waals surface area contributed by atoms with Gasteiger partial charge in [0.25, 0.3) is 0 Å². The first-order valence-corrected chi connectivity index (χ1v) is 7.92. The quantitative estimate of drug-likeness (QED) is 0.909. The van der Waals surface area contributed by atoms with Gasteiger partial charge >= 0.3 is 0 Å². The van der Waals surface area contributed by atoms with E-state index in [9.17, 15) is 4.79 Å². The second kappa shape index (κ2) is 5.54. The molecule has 7 heteroatoms. The topological polar surface area (TPSA) is 77.2 Å². The van der Waals surface area contributed by atoms with Crippen LogP contribution in [0.4, 0.5) is 5.13 Å². The molecule has 0 saturated carbocycles. The molecule has 102 valence electrons. The van der Waals surface area contributed by atoms with Crippen molar-refractivity contribution in [2.45, 2.75) is 18.9 Å². The van der Waals surface area contributed by atoms with Crippen LogP contribution in [0.15, 0.2) is 11.4 Å². The van der Waals surface area contributed by atoms with Crippen LogP contribution in [0.2, 0.25) is 0 Å². The fourth-order valence-corrected chi connectivity index (χ4v) is 4.04. The highest BCUT2D eigenvalue weighted by molar-refractivity contribution is 7.39.